The molecule has 21 nitrogen and oxygen atoms in total. The molecule has 4 aliphatic rings. The van der Waals surface area contributed by atoms with Gasteiger partial charge in [-0.2, -0.15) is 0 Å². The molecular formula is C88H78BrCl4F15N6O15. The number of nitrogens with zero attached hydrogens (tertiary/aromatic N) is 3. The van der Waals surface area contributed by atoms with E-state index in [0.29, 0.717) is 87.5 Å². The summed E-state index contributed by atoms with van der Waals surface area (Å²) in [5, 5.41) is 33.4. The van der Waals surface area contributed by atoms with Crippen molar-refractivity contribution in [2.45, 2.75) is 87.7 Å². The highest BCUT2D eigenvalue weighted by Gasteiger charge is 2.39. The number of nitrogens with two attached hydrogens (primary N) is 1. The zero-order chi connectivity index (χ0) is 94.4. The molecule has 14 rings (SSSR count). The summed E-state index contributed by atoms with van der Waals surface area (Å²) in [5.74, 6) is -3.91. The molecule has 10 aromatic carbocycles. The highest BCUT2D eigenvalue weighted by molar-refractivity contribution is 9.09. The Hall–Kier alpha value is -11.6. The SMILES string of the molecule is COc1cc(Cl)ccc1CC(=O)O.COc1cc(N)cc(CCCO)c1.COc1cc(NC(C(=O)N2CCc3ccc(OC(F)(F)F)cc32)c2ccc(Cl)cc2F)cc(OCCO)c1.FC(F)(F)Oc1ccc2c(c1)NCC2.O=C(C(Br)c1ccc(Cl)cc1F)N1CCc2ccc(OC(F)(F)F)cc21.O=C(Cc1ccc(Cl)cc1F)N1CCc2ccc(OC(F)(F)F)cc21. The first kappa shape index (κ1) is 101. The van der Waals surface area contributed by atoms with Crippen LogP contribution in [0.4, 0.5) is 100.0 Å². The van der Waals surface area contributed by atoms with E-state index < -0.39 is 94.7 Å². The molecule has 3 amide bonds. The van der Waals surface area contributed by atoms with Gasteiger partial charge in [-0.15, -0.1) is 52.7 Å². The fraction of sp³-hybridized carbons (Fsp3) is 0.273. The number of nitrogens with one attached hydrogen (secondary N) is 2. The quantitative estimate of drug-likeness (QED) is 0.0197. The number of ether oxygens (including phenoxy) is 8. The number of carbonyl (C=O) groups is 4. The number of carboxylic acids is 1. The Morgan fingerprint density at radius 2 is 0.922 bits per heavy atom. The van der Waals surface area contributed by atoms with Gasteiger partial charge in [-0.05, 0) is 157 Å². The monoisotopic (exact) mass is 1960 g/mol. The molecule has 129 heavy (non-hydrogen) atoms. The van der Waals surface area contributed by atoms with Gasteiger partial charge in [0.25, 0.3) is 5.91 Å². The second-order valence-electron chi connectivity index (χ2n) is 28.0. The molecule has 10 aromatic rings. The molecule has 0 bridgehead atoms. The van der Waals surface area contributed by atoms with Crippen LogP contribution in [0.2, 0.25) is 20.1 Å². The van der Waals surface area contributed by atoms with Crippen LogP contribution in [-0.2, 0) is 64.1 Å². The predicted octanol–water partition coefficient (Wildman–Crippen LogP) is 21.1. The number of nitrogen functional groups attached to an aromatic ring is 1. The van der Waals surface area contributed by atoms with E-state index in [2.05, 4.69) is 45.5 Å². The van der Waals surface area contributed by atoms with Crippen molar-refractivity contribution in [2.75, 3.05) is 98.4 Å². The van der Waals surface area contributed by atoms with E-state index in [4.69, 9.17) is 86.4 Å². The van der Waals surface area contributed by atoms with E-state index in [0.717, 1.165) is 84.3 Å². The smallest absolute Gasteiger partial charge is 0.497 e. The van der Waals surface area contributed by atoms with Crippen molar-refractivity contribution < 1.29 is 138 Å². The van der Waals surface area contributed by atoms with Crippen molar-refractivity contribution >= 4 is 120 Å². The van der Waals surface area contributed by atoms with Gasteiger partial charge in [-0.3, -0.25) is 19.2 Å². The molecule has 0 spiro atoms. The Labute approximate surface area is 755 Å². The van der Waals surface area contributed by atoms with E-state index in [1.807, 2.05) is 12.1 Å². The number of fused-ring (bicyclic) bond motifs is 4. The van der Waals surface area contributed by atoms with Gasteiger partial charge in [0.1, 0.15) is 80.9 Å². The molecule has 2 atom stereocenters. The number of alkyl halides is 13. The van der Waals surface area contributed by atoms with Gasteiger partial charge in [0.2, 0.25) is 11.8 Å². The van der Waals surface area contributed by atoms with E-state index in [9.17, 15) is 80.6 Å². The summed E-state index contributed by atoms with van der Waals surface area (Å²) in [6.07, 6.45) is -15.6. The third-order valence-electron chi connectivity index (χ3n) is 19.0. The first-order valence-electron chi connectivity index (χ1n) is 38.4. The molecule has 0 saturated heterocycles. The molecule has 0 aromatic heterocycles. The highest BCUT2D eigenvalue weighted by atomic mass is 79.9. The second-order valence-corrected chi connectivity index (χ2v) is 30.6. The van der Waals surface area contributed by atoms with Gasteiger partial charge in [0, 0.05) is 135 Å². The van der Waals surface area contributed by atoms with Crippen LogP contribution >= 0.6 is 62.3 Å². The summed E-state index contributed by atoms with van der Waals surface area (Å²) in [5.41, 5.74) is 13.4. The van der Waals surface area contributed by atoms with Gasteiger partial charge in [0.15, 0.2) is 0 Å². The minimum absolute atomic E-state index is 0.00761. The Bertz CT molecular complexity index is 5590. The number of hydrogen-bond acceptors (Lipinski definition) is 17. The normalized spacial score (nSPS) is 13.3. The first-order chi connectivity index (χ1) is 60.9. The number of carbonyl (C=O) groups excluding carboxylic acids is 3. The number of aliphatic hydroxyl groups excluding tert-OH is 2. The Morgan fingerprint density at radius 1 is 0.473 bits per heavy atom. The lowest BCUT2D eigenvalue weighted by molar-refractivity contribution is -0.275. The van der Waals surface area contributed by atoms with Gasteiger partial charge in [-0.1, -0.05) is 111 Å². The minimum Gasteiger partial charge on any atom is -0.497 e. The van der Waals surface area contributed by atoms with Crippen LogP contribution in [0.3, 0.4) is 0 Å². The zero-order valence-corrected chi connectivity index (χ0v) is 72.4. The summed E-state index contributed by atoms with van der Waals surface area (Å²) in [6, 6.07) is 41.5. The van der Waals surface area contributed by atoms with E-state index >= 15 is 4.39 Å². The number of methoxy groups -OCH3 is 3. The van der Waals surface area contributed by atoms with Crippen LogP contribution < -0.4 is 69.0 Å². The number of aliphatic carboxylic acids is 1. The van der Waals surface area contributed by atoms with Gasteiger partial charge in [0.05, 0.1) is 57.8 Å². The maximum Gasteiger partial charge on any atom is 0.573 e. The number of rotatable bonds is 23. The first-order valence-corrected chi connectivity index (χ1v) is 40.8. The van der Waals surface area contributed by atoms with Crippen molar-refractivity contribution in [1.29, 1.82) is 0 Å². The number of carboxylic acid groups (broad SMARTS) is 1. The number of hydrogen-bond donors (Lipinski definition) is 6. The average Bonchev–Trinajstić information content (AvgIpc) is 1.73. The van der Waals surface area contributed by atoms with E-state index in [1.54, 1.807) is 55.6 Å². The lowest BCUT2D eigenvalue weighted by Gasteiger charge is -2.27. The number of aliphatic hydroxyl groups is 2. The fourth-order valence-electron chi connectivity index (χ4n) is 13.4. The van der Waals surface area contributed by atoms with Gasteiger partial charge in [-0.25, -0.2) is 13.2 Å². The molecule has 0 aliphatic carbocycles. The maximum absolute atomic E-state index is 15.1. The van der Waals surface area contributed by atoms with Crippen molar-refractivity contribution in [3.63, 3.8) is 0 Å². The summed E-state index contributed by atoms with van der Waals surface area (Å²) < 4.78 is 228. The molecular weight excluding hydrogens is 1890 g/mol. The van der Waals surface area contributed by atoms with Crippen LogP contribution in [-0.4, -0.2) is 132 Å². The van der Waals surface area contributed by atoms with Crippen molar-refractivity contribution in [2.24, 2.45) is 0 Å². The molecule has 4 heterocycles. The summed E-state index contributed by atoms with van der Waals surface area (Å²) in [4.78, 5) is 52.5. The largest absolute Gasteiger partial charge is 0.573 e. The lowest BCUT2D eigenvalue weighted by Crippen LogP contribution is -2.37. The fourth-order valence-corrected chi connectivity index (χ4v) is 14.6. The van der Waals surface area contributed by atoms with Crippen LogP contribution in [0.5, 0.6) is 46.0 Å². The van der Waals surface area contributed by atoms with Crippen molar-refractivity contribution in [3.05, 3.63) is 270 Å². The summed E-state index contributed by atoms with van der Waals surface area (Å²) in [7, 11) is 4.53. The minimum atomic E-state index is -4.90. The molecule has 0 saturated carbocycles. The molecule has 0 radical (unpaired) electrons. The Kier molecular flexibility index (Phi) is 35.7. The van der Waals surface area contributed by atoms with Crippen LogP contribution in [0, 0.1) is 17.5 Å². The number of aryl methyl sites for hydroxylation is 1. The van der Waals surface area contributed by atoms with Crippen LogP contribution in [0.15, 0.2) is 182 Å². The van der Waals surface area contributed by atoms with Crippen molar-refractivity contribution in [1.82, 2.24) is 0 Å². The lowest BCUT2D eigenvalue weighted by atomic mass is 10.0. The molecule has 41 heteroatoms. The van der Waals surface area contributed by atoms with Crippen LogP contribution in [0.25, 0.3) is 0 Å². The second kappa shape index (κ2) is 45.6. The standard InChI is InChI=1S/C26H23ClF4N2O5.C17H11BrClF4NO2.C17H12ClF4NO2.C10H15NO2.C9H9ClO3.C9H8F3NO/c1-36-19-11-17(12-20(13-19)37-9-8-34)32-24(21-5-3-16(27)10-22(21)28)25(35)33-7-6-15-2-4-18(14-23(15)33)38-26(29,30)31;18-15(12-4-2-10(19)7-13(12)20)16(25)24-6-5-9-1-3-11(8-14(9)24)26-17(21,22)23;18-12-3-1-11(14(19)8-12)7-16(24)23-6-5-10-2-4-13(9-15(10)23)25-17(20,21)22;1-13-10-6-8(3-2-4-12)5-9(11)7-10;1-13-8-5-7(10)3-2-6(8)4-9(11)12;10-9(11,12)14-7-2-1-6-3-4-13-8(6)5-7/h2-5,10-14,24,32,34H,6-9H2,1H3;1-4,7-8,15H,5-6H2;1-4,8-9H,5-7H2;5-7,12H,2-4,11H2,1H3;2-3,5H,4H2,1H3,(H,11,12);1-2,5,13H,3-4H2. The third kappa shape index (κ3) is 30.5. The molecule has 0 fully saturated rings. The van der Waals surface area contributed by atoms with Crippen molar-refractivity contribution in [3.8, 4) is 46.0 Å². The van der Waals surface area contributed by atoms with E-state index in [-0.39, 0.29) is 88.9 Å². The van der Waals surface area contributed by atoms with Gasteiger partial charge >= 0.3 is 31.4 Å². The highest BCUT2D eigenvalue weighted by Crippen LogP contribution is 2.43. The number of anilines is 6. The molecule has 690 valence electrons. The molecule has 7 N–H and O–H groups in total. The average molecular weight is 1970 g/mol. The molecule has 2 unspecified atom stereocenters. The van der Waals surface area contributed by atoms with E-state index in [1.165, 1.54) is 120 Å². The zero-order valence-electron chi connectivity index (χ0n) is 67.8. The van der Waals surface area contributed by atoms with Gasteiger partial charge < -0.3 is 84.3 Å². The number of benzene rings is 10. The Balaban J connectivity index is 0.000000183. The summed E-state index contributed by atoms with van der Waals surface area (Å²) >= 11 is 26.2. The number of amides is 3. The Morgan fingerprint density at radius 3 is 1.40 bits per heavy atom. The maximum atomic E-state index is 15.1. The topological polar surface area (TPSA) is 263 Å². The predicted molar refractivity (Wildman–Crippen MR) is 457 cm³/mol. The van der Waals surface area contributed by atoms with Crippen LogP contribution in [0.1, 0.15) is 67.4 Å². The number of halogens is 20. The third-order valence-corrected chi connectivity index (χ3v) is 20.8. The molecule has 4 aliphatic heterocycles. The summed E-state index contributed by atoms with van der Waals surface area (Å²) in [6.45, 7) is 1.51.